The van der Waals surface area contributed by atoms with Crippen LogP contribution in [0.3, 0.4) is 0 Å². The molecule has 5 nitrogen and oxygen atoms in total. The summed E-state index contributed by atoms with van der Waals surface area (Å²) in [6, 6.07) is 22.9. The number of carbonyl (C=O) groups excluding carboxylic acids is 3. The lowest BCUT2D eigenvalue weighted by molar-refractivity contribution is -0.121. The normalized spacial score (nSPS) is 23.6. The molecule has 0 radical (unpaired) electrons. The number of anilines is 2. The number of fused-ring (bicyclic) bond motifs is 6. The molecule has 210 valence electrons. The van der Waals surface area contributed by atoms with Crippen molar-refractivity contribution in [3.8, 4) is 0 Å². The van der Waals surface area contributed by atoms with Crippen molar-refractivity contribution in [3.63, 3.8) is 0 Å². The third kappa shape index (κ3) is 3.92. The molecule has 1 aromatic heterocycles. The molecule has 1 amide bonds. The van der Waals surface area contributed by atoms with Crippen LogP contribution >= 0.6 is 22.9 Å². The highest BCUT2D eigenvalue weighted by molar-refractivity contribution is 7.12. The van der Waals surface area contributed by atoms with Crippen molar-refractivity contribution in [2.75, 3.05) is 10.2 Å². The zero-order chi connectivity index (χ0) is 29.2. The predicted molar refractivity (Wildman–Crippen MR) is 169 cm³/mol. The van der Waals surface area contributed by atoms with Crippen molar-refractivity contribution in [1.82, 2.24) is 0 Å². The maximum absolute atomic E-state index is 14.9. The Kier molecular flexibility index (Phi) is 6.44. The summed E-state index contributed by atoms with van der Waals surface area (Å²) in [5.74, 6) is -1.16. The molecular formula is C35H29ClN2O3S. The maximum atomic E-state index is 14.9. The Morgan fingerprint density at radius 1 is 1.00 bits per heavy atom. The molecule has 4 aromatic rings. The van der Waals surface area contributed by atoms with E-state index < -0.39 is 23.4 Å². The Morgan fingerprint density at radius 2 is 1.79 bits per heavy atom. The van der Waals surface area contributed by atoms with Gasteiger partial charge in [-0.3, -0.25) is 14.4 Å². The van der Waals surface area contributed by atoms with Gasteiger partial charge in [0.2, 0.25) is 5.91 Å². The second-order valence-electron chi connectivity index (χ2n) is 11.7. The van der Waals surface area contributed by atoms with Crippen LogP contribution in [-0.4, -0.2) is 29.6 Å². The van der Waals surface area contributed by atoms with Crippen LogP contribution in [-0.2, 0) is 16.6 Å². The van der Waals surface area contributed by atoms with Gasteiger partial charge in [-0.2, -0.15) is 0 Å². The second kappa shape index (κ2) is 10.1. The van der Waals surface area contributed by atoms with Crippen LogP contribution in [0.15, 0.2) is 90.3 Å². The van der Waals surface area contributed by atoms with E-state index in [1.807, 2.05) is 89.2 Å². The zero-order valence-corrected chi connectivity index (χ0v) is 24.8. The molecule has 3 aliphatic heterocycles. The van der Waals surface area contributed by atoms with E-state index in [1.165, 1.54) is 11.3 Å². The fourth-order valence-corrected chi connectivity index (χ4v) is 8.05. The van der Waals surface area contributed by atoms with Gasteiger partial charge in [0.25, 0.3) is 0 Å². The van der Waals surface area contributed by atoms with Crippen LogP contribution in [0.1, 0.15) is 50.6 Å². The molecule has 4 heterocycles. The number of thiophene rings is 1. The third-order valence-corrected chi connectivity index (χ3v) is 9.91. The molecule has 4 atom stereocenters. The second-order valence-corrected chi connectivity index (χ2v) is 13.1. The highest BCUT2D eigenvalue weighted by Gasteiger charge is 2.70. The fourth-order valence-electron chi connectivity index (χ4n) is 7.17. The quantitative estimate of drug-likeness (QED) is 0.236. The summed E-state index contributed by atoms with van der Waals surface area (Å²) in [5.41, 5.74) is 3.35. The summed E-state index contributed by atoms with van der Waals surface area (Å²) in [4.78, 5) is 46.4. The Bertz CT molecular complexity index is 1760. The lowest BCUT2D eigenvalue weighted by Gasteiger charge is -2.37. The number of halogens is 1. The molecular weight excluding hydrogens is 564 g/mol. The van der Waals surface area contributed by atoms with E-state index in [4.69, 9.17) is 11.6 Å². The largest absolute Gasteiger partial charge is 0.352 e. The van der Waals surface area contributed by atoms with Gasteiger partial charge in [-0.1, -0.05) is 86.1 Å². The number of rotatable bonds is 6. The predicted octanol–water partition coefficient (Wildman–Crippen LogP) is 7.46. The molecule has 0 saturated carbocycles. The Morgan fingerprint density at radius 3 is 2.52 bits per heavy atom. The first kappa shape index (κ1) is 26.9. The van der Waals surface area contributed by atoms with Gasteiger partial charge in [-0.15, -0.1) is 11.3 Å². The number of Topliss-reactive ketones (excluding diaryl/α,β-unsaturated/α-hetero) is 2. The Hall–Kier alpha value is -4.00. The van der Waals surface area contributed by atoms with Crippen LogP contribution in [0.2, 0.25) is 5.02 Å². The van der Waals surface area contributed by atoms with Gasteiger partial charge in [0.05, 0.1) is 16.8 Å². The number of amides is 1. The fraction of sp³-hybridized carbons (Fsp3) is 0.229. The lowest BCUT2D eigenvalue weighted by atomic mass is 9.64. The van der Waals surface area contributed by atoms with Crippen molar-refractivity contribution in [2.24, 2.45) is 11.8 Å². The van der Waals surface area contributed by atoms with Crippen LogP contribution in [0.5, 0.6) is 0 Å². The van der Waals surface area contributed by atoms with E-state index >= 15 is 0 Å². The summed E-state index contributed by atoms with van der Waals surface area (Å²) in [7, 11) is 0. The number of ketones is 2. The van der Waals surface area contributed by atoms with Gasteiger partial charge < -0.3 is 10.2 Å². The molecule has 0 aliphatic carbocycles. The highest BCUT2D eigenvalue weighted by Crippen LogP contribution is 2.58. The molecule has 42 heavy (non-hydrogen) atoms. The van der Waals surface area contributed by atoms with Gasteiger partial charge in [0.15, 0.2) is 11.6 Å². The molecule has 1 fully saturated rings. The van der Waals surface area contributed by atoms with Gasteiger partial charge >= 0.3 is 0 Å². The summed E-state index contributed by atoms with van der Waals surface area (Å²) in [6.45, 7) is 4.32. The number of carbonyl (C=O) groups is 3. The molecule has 0 bridgehead atoms. The van der Waals surface area contributed by atoms with E-state index in [9.17, 15) is 14.4 Å². The Labute approximate surface area is 253 Å². The molecule has 1 N–H and O–H groups in total. The average molecular weight is 593 g/mol. The van der Waals surface area contributed by atoms with Gasteiger partial charge in [-0.05, 0) is 64.7 Å². The number of nitrogens with one attached hydrogen (secondary N) is 1. The lowest BCUT2D eigenvalue weighted by Crippen LogP contribution is -2.51. The van der Waals surface area contributed by atoms with Gasteiger partial charge in [0.1, 0.15) is 11.5 Å². The minimum absolute atomic E-state index is 0.171. The zero-order valence-electron chi connectivity index (χ0n) is 23.2. The molecule has 1 saturated heterocycles. The first-order chi connectivity index (χ1) is 20.3. The smallest absolute Gasteiger partial charge is 0.238 e. The van der Waals surface area contributed by atoms with Crippen molar-refractivity contribution < 1.29 is 14.4 Å². The maximum Gasteiger partial charge on any atom is 0.238 e. The van der Waals surface area contributed by atoms with Crippen LogP contribution in [0.25, 0.3) is 6.08 Å². The first-order valence-electron chi connectivity index (χ1n) is 14.2. The molecule has 3 aromatic carbocycles. The van der Waals surface area contributed by atoms with Gasteiger partial charge in [0, 0.05) is 22.0 Å². The molecule has 0 unspecified atom stereocenters. The summed E-state index contributed by atoms with van der Waals surface area (Å²) in [6.07, 6.45) is 4.82. The number of nitrogens with zero attached hydrogens (tertiary/aromatic N) is 1. The van der Waals surface area contributed by atoms with E-state index in [-0.39, 0.29) is 17.5 Å². The SMILES string of the molecule is CC(C)Cc1ccc(C(=O)[C@@H]2[C@H](C(=O)c3cccs3)N3c4ccc(Cl)cc4C=C[C@@H]3[C@]23C(=O)Nc2ccccc23)cc1. The standard InChI is InChI=1S/C35H29ClN2O3S/c1-20(2)18-21-9-11-22(12-10-21)32(39)30-31(33(40)28-8-5-17-42-28)38-27-15-14-24(36)19-23(27)13-16-29(38)35(30)25-6-3-4-7-26(25)37-34(35)41/h3-17,19-20,29-31H,18H2,1-2H3,(H,37,41)/t29-,30+,31-,35+/m1/s1. The number of para-hydroxylation sites is 1. The molecule has 1 spiro atoms. The number of hydrogen-bond donors (Lipinski definition) is 1. The molecule has 7 rings (SSSR count). The summed E-state index contributed by atoms with van der Waals surface area (Å²) < 4.78 is 0. The Balaban J connectivity index is 1.48. The average Bonchev–Trinajstić information content (AvgIpc) is 3.69. The van der Waals surface area contributed by atoms with Crippen molar-refractivity contribution in [3.05, 3.63) is 122 Å². The van der Waals surface area contributed by atoms with Crippen molar-refractivity contribution in [2.45, 2.75) is 37.8 Å². The first-order valence-corrected chi connectivity index (χ1v) is 15.4. The monoisotopic (exact) mass is 592 g/mol. The van der Waals surface area contributed by atoms with Crippen molar-refractivity contribution >= 4 is 57.9 Å². The van der Waals surface area contributed by atoms with E-state index in [2.05, 4.69) is 19.2 Å². The van der Waals surface area contributed by atoms with Gasteiger partial charge in [-0.25, -0.2) is 0 Å². The third-order valence-electron chi connectivity index (χ3n) is 8.79. The van der Waals surface area contributed by atoms with Crippen LogP contribution < -0.4 is 10.2 Å². The highest BCUT2D eigenvalue weighted by atomic mass is 35.5. The number of benzene rings is 3. The minimum Gasteiger partial charge on any atom is -0.352 e. The molecule has 3 aliphatic rings. The topological polar surface area (TPSA) is 66.5 Å². The number of hydrogen-bond acceptors (Lipinski definition) is 5. The van der Waals surface area contributed by atoms with Crippen molar-refractivity contribution in [1.29, 1.82) is 0 Å². The minimum atomic E-state index is -1.32. The summed E-state index contributed by atoms with van der Waals surface area (Å²) in [5, 5.41) is 5.51. The summed E-state index contributed by atoms with van der Waals surface area (Å²) >= 11 is 7.73. The van der Waals surface area contributed by atoms with E-state index in [0.717, 1.165) is 28.8 Å². The van der Waals surface area contributed by atoms with Crippen LogP contribution in [0.4, 0.5) is 11.4 Å². The molecule has 7 heteroatoms. The van der Waals surface area contributed by atoms with E-state index in [1.54, 1.807) is 12.1 Å². The van der Waals surface area contributed by atoms with Crippen LogP contribution in [0, 0.1) is 11.8 Å². The van der Waals surface area contributed by atoms with E-state index in [0.29, 0.717) is 27.1 Å².